The van der Waals surface area contributed by atoms with Gasteiger partial charge in [0.1, 0.15) is 0 Å². The number of para-hydroxylation sites is 1. The third-order valence-corrected chi connectivity index (χ3v) is 4.87. The molecule has 2 aromatic carbocycles. The van der Waals surface area contributed by atoms with Crippen molar-refractivity contribution >= 4 is 28.8 Å². The van der Waals surface area contributed by atoms with E-state index in [1.165, 1.54) is 6.07 Å². The van der Waals surface area contributed by atoms with Crippen LogP contribution in [-0.2, 0) is 0 Å². The Balaban J connectivity index is 2.19. The van der Waals surface area contributed by atoms with Crippen molar-refractivity contribution in [2.24, 2.45) is 0 Å². The molecule has 2 aromatic rings. The molecule has 0 aliphatic carbocycles. The number of rotatable bonds is 4. The van der Waals surface area contributed by atoms with E-state index in [9.17, 15) is 14.9 Å². The van der Waals surface area contributed by atoms with Crippen LogP contribution in [0.3, 0.4) is 0 Å². The minimum absolute atomic E-state index is 0.0523. The van der Waals surface area contributed by atoms with Crippen molar-refractivity contribution < 1.29 is 9.72 Å². The summed E-state index contributed by atoms with van der Waals surface area (Å²) in [6.07, 6.45) is 0. The van der Waals surface area contributed by atoms with E-state index >= 15 is 0 Å². The Hall–Kier alpha value is -3.06. The van der Waals surface area contributed by atoms with Crippen LogP contribution in [0.25, 0.3) is 0 Å². The van der Waals surface area contributed by atoms with Crippen molar-refractivity contribution in [3.63, 3.8) is 0 Å². The van der Waals surface area contributed by atoms with Gasteiger partial charge in [-0.05, 0) is 25.2 Å². The van der Waals surface area contributed by atoms with Crippen LogP contribution in [0.5, 0.6) is 0 Å². The van der Waals surface area contributed by atoms with E-state index in [4.69, 9.17) is 12.2 Å². The number of nitro groups is 1. The molecule has 1 unspecified atom stereocenters. The molecule has 132 valence electrons. The first-order valence-electron chi connectivity index (χ1n) is 8.00. The van der Waals surface area contributed by atoms with Gasteiger partial charge in [-0.25, -0.2) is 0 Å². The summed E-state index contributed by atoms with van der Waals surface area (Å²) in [6.45, 7) is 1.80. The minimum Gasteiger partial charge on any atom is -0.351 e. The van der Waals surface area contributed by atoms with E-state index in [0.29, 0.717) is 27.5 Å². The van der Waals surface area contributed by atoms with Crippen molar-refractivity contribution in [2.75, 3.05) is 7.05 Å². The van der Waals surface area contributed by atoms with Crippen LogP contribution in [0.2, 0.25) is 0 Å². The van der Waals surface area contributed by atoms with Gasteiger partial charge in [-0.1, -0.05) is 42.5 Å². The number of allylic oxidation sites excluding steroid dienone is 1. The summed E-state index contributed by atoms with van der Waals surface area (Å²) in [7, 11) is 1.76. The van der Waals surface area contributed by atoms with Crippen LogP contribution in [0, 0.1) is 10.1 Å². The lowest BCUT2D eigenvalue weighted by Gasteiger charge is -2.35. The first kappa shape index (κ1) is 17.8. The number of benzene rings is 2. The van der Waals surface area contributed by atoms with E-state index < -0.39 is 11.0 Å². The van der Waals surface area contributed by atoms with Crippen LogP contribution in [0.15, 0.2) is 65.9 Å². The molecule has 0 amide bonds. The van der Waals surface area contributed by atoms with Gasteiger partial charge in [0, 0.05) is 29.9 Å². The lowest BCUT2D eigenvalue weighted by atomic mass is 9.88. The molecule has 1 N–H and O–H groups in total. The van der Waals surface area contributed by atoms with E-state index in [-0.39, 0.29) is 11.5 Å². The van der Waals surface area contributed by atoms with Gasteiger partial charge in [-0.3, -0.25) is 14.9 Å². The number of nitrogens with one attached hydrogen (secondary N) is 1. The molecule has 0 fully saturated rings. The maximum atomic E-state index is 13.2. The highest BCUT2D eigenvalue weighted by molar-refractivity contribution is 7.80. The molecule has 0 bridgehead atoms. The van der Waals surface area contributed by atoms with Gasteiger partial charge in [-0.15, -0.1) is 0 Å². The molecule has 7 heteroatoms. The smallest absolute Gasteiger partial charge is 0.275 e. The Morgan fingerprint density at radius 2 is 1.77 bits per heavy atom. The number of ketones is 1. The van der Waals surface area contributed by atoms with Gasteiger partial charge in [0.15, 0.2) is 10.9 Å². The molecule has 1 atom stereocenters. The van der Waals surface area contributed by atoms with E-state index in [1.54, 1.807) is 61.3 Å². The van der Waals surface area contributed by atoms with Gasteiger partial charge in [0.05, 0.1) is 16.5 Å². The second-order valence-corrected chi connectivity index (χ2v) is 6.34. The predicted molar refractivity (Wildman–Crippen MR) is 103 cm³/mol. The fourth-order valence-electron chi connectivity index (χ4n) is 3.01. The third kappa shape index (κ3) is 3.09. The first-order chi connectivity index (χ1) is 12.4. The zero-order valence-corrected chi connectivity index (χ0v) is 15.1. The Morgan fingerprint density at radius 1 is 1.15 bits per heavy atom. The molecule has 0 saturated carbocycles. The fraction of sp³-hybridized carbons (Fsp3) is 0.158. The molecule has 0 spiro atoms. The number of nitro benzene ring substituents is 1. The summed E-state index contributed by atoms with van der Waals surface area (Å²) in [5, 5.41) is 15.0. The molecule has 26 heavy (non-hydrogen) atoms. The number of carbonyl (C=O) groups excluding carboxylic acids is 1. The monoisotopic (exact) mass is 367 g/mol. The first-order valence-corrected chi connectivity index (χ1v) is 8.40. The highest BCUT2D eigenvalue weighted by Gasteiger charge is 2.35. The number of hydrogen-bond donors (Lipinski definition) is 1. The quantitative estimate of drug-likeness (QED) is 0.385. The lowest BCUT2D eigenvalue weighted by molar-refractivity contribution is -0.385. The fourth-order valence-corrected chi connectivity index (χ4v) is 3.26. The average molecular weight is 367 g/mol. The van der Waals surface area contributed by atoms with Crippen LogP contribution in [-0.4, -0.2) is 27.8 Å². The number of Topliss-reactive ketones (excluding diaryl/α,β-unsaturated/α-hetero) is 1. The standard InChI is InChI=1S/C19H17N3O3S/c1-12-16(18(23)13-8-4-3-5-9-13)17(20-19(26)21(12)2)14-10-6-7-11-15(14)22(24)25/h3-11,17H,1-2H3,(H,20,26). The minimum atomic E-state index is -0.687. The van der Waals surface area contributed by atoms with E-state index in [2.05, 4.69) is 5.32 Å². The van der Waals surface area contributed by atoms with Crippen molar-refractivity contribution in [1.29, 1.82) is 0 Å². The number of hydrogen-bond acceptors (Lipinski definition) is 4. The number of carbonyl (C=O) groups is 1. The summed E-state index contributed by atoms with van der Waals surface area (Å²) in [4.78, 5) is 25.9. The molecule has 0 radical (unpaired) electrons. The Labute approximate surface area is 156 Å². The second-order valence-electron chi connectivity index (χ2n) is 5.95. The normalized spacial score (nSPS) is 17.1. The molecule has 3 rings (SSSR count). The lowest BCUT2D eigenvalue weighted by Crippen LogP contribution is -2.46. The average Bonchev–Trinajstić information content (AvgIpc) is 2.66. The third-order valence-electron chi connectivity index (χ3n) is 4.48. The van der Waals surface area contributed by atoms with Crippen LogP contribution in [0.4, 0.5) is 5.69 Å². The largest absolute Gasteiger partial charge is 0.351 e. The molecule has 0 saturated heterocycles. The molecular weight excluding hydrogens is 350 g/mol. The zero-order valence-electron chi connectivity index (χ0n) is 14.3. The Morgan fingerprint density at radius 3 is 2.42 bits per heavy atom. The van der Waals surface area contributed by atoms with Gasteiger partial charge < -0.3 is 10.2 Å². The highest BCUT2D eigenvalue weighted by atomic mass is 32.1. The van der Waals surface area contributed by atoms with Crippen LogP contribution < -0.4 is 5.32 Å². The van der Waals surface area contributed by atoms with Gasteiger partial charge in [0.2, 0.25) is 0 Å². The Bertz CT molecular complexity index is 925. The van der Waals surface area contributed by atoms with Crippen molar-refractivity contribution in [1.82, 2.24) is 10.2 Å². The Kier molecular flexibility index (Phi) is 4.81. The van der Waals surface area contributed by atoms with Crippen molar-refractivity contribution in [3.05, 3.63) is 87.1 Å². The molecule has 1 aliphatic heterocycles. The van der Waals surface area contributed by atoms with Gasteiger partial charge >= 0.3 is 0 Å². The topological polar surface area (TPSA) is 75.5 Å². The molecular formula is C19H17N3O3S. The van der Waals surface area contributed by atoms with Crippen LogP contribution in [0.1, 0.15) is 28.9 Å². The second kappa shape index (κ2) is 7.05. The summed E-state index contributed by atoms with van der Waals surface area (Å²) < 4.78 is 0. The summed E-state index contributed by atoms with van der Waals surface area (Å²) >= 11 is 5.35. The number of nitrogens with zero attached hydrogens (tertiary/aromatic N) is 2. The molecule has 0 aromatic heterocycles. The zero-order chi connectivity index (χ0) is 18.8. The maximum absolute atomic E-state index is 13.2. The van der Waals surface area contributed by atoms with E-state index in [1.807, 2.05) is 6.07 Å². The van der Waals surface area contributed by atoms with Gasteiger partial charge in [0.25, 0.3) is 5.69 Å². The molecule has 1 aliphatic rings. The summed E-state index contributed by atoms with van der Waals surface area (Å²) in [5.41, 5.74) is 2.00. The van der Waals surface area contributed by atoms with Crippen molar-refractivity contribution in [3.8, 4) is 0 Å². The number of thiocarbonyl (C=S) groups is 1. The SMILES string of the molecule is CC1=C(C(=O)c2ccccc2)C(c2ccccc2[N+](=O)[O-])NC(=S)N1C. The maximum Gasteiger partial charge on any atom is 0.275 e. The molecule has 6 nitrogen and oxygen atoms in total. The predicted octanol–water partition coefficient (Wildman–Crippen LogP) is 3.61. The van der Waals surface area contributed by atoms with Gasteiger partial charge in [-0.2, -0.15) is 0 Å². The summed E-state index contributed by atoms with van der Waals surface area (Å²) in [5.74, 6) is -0.187. The van der Waals surface area contributed by atoms with Crippen molar-refractivity contribution in [2.45, 2.75) is 13.0 Å². The highest BCUT2D eigenvalue weighted by Crippen LogP contribution is 2.36. The molecule has 1 heterocycles. The van der Waals surface area contributed by atoms with Crippen LogP contribution >= 0.6 is 12.2 Å². The summed E-state index contributed by atoms with van der Waals surface area (Å²) in [6, 6.07) is 14.6. The van der Waals surface area contributed by atoms with E-state index in [0.717, 1.165) is 0 Å².